The molecular formula is C14H21N3O3S. The van der Waals surface area contributed by atoms with E-state index in [9.17, 15) is 13.2 Å². The molecule has 0 saturated carbocycles. The van der Waals surface area contributed by atoms with Gasteiger partial charge in [0, 0.05) is 32.1 Å². The fourth-order valence-corrected chi connectivity index (χ4v) is 3.94. The molecule has 2 unspecified atom stereocenters. The highest BCUT2D eigenvalue weighted by Gasteiger charge is 2.32. The van der Waals surface area contributed by atoms with Crippen molar-refractivity contribution in [2.75, 3.05) is 13.1 Å². The highest BCUT2D eigenvalue weighted by atomic mass is 32.2. The number of carbonyl (C=O) groups excluding carboxylic acids is 1. The fourth-order valence-electron chi connectivity index (χ4n) is 2.44. The third-order valence-corrected chi connectivity index (χ3v) is 5.48. The summed E-state index contributed by atoms with van der Waals surface area (Å²) >= 11 is 0. The minimum Gasteiger partial charge on any atom is -0.352 e. The Hall–Kier alpha value is -1.44. The number of nitrogens with zero attached hydrogens (tertiary/aromatic N) is 1. The third kappa shape index (κ3) is 3.61. The van der Waals surface area contributed by atoms with Gasteiger partial charge in [0.2, 0.25) is 15.9 Å². The van der Waals surface area contributed by atoms with E-state index in [2.05, 4.69) is 5.32 Å². The Morgan fingerprint density at radius 2 is 2.00 bits per heavy atom. The van der Waals surface area contributed by atoms with E-state index in [0.717, 1.165) is 5.56 Å². The first-order chi connectivity index (χ1) is 9.80. The molecule has 1 amide bonds. The highest BCUT2D eigenvalue weighted by Crippen LogP contribution is 2.22. The minimum absolute atomic E-state index is 0.111. The van der Waals surface area contributed by atoms with Gasteiger partial charge in [-0.05, 0) is 31.0 Å². The van der Waals surface area contributed by atoms with Crippen LogP contribution >= 0.6 is 0 Å². The van der Waals surface area contributed by atoms with Gasteiger partial charge < -0.3 is 11.1 Å². The van der Waals surface area contributed by atoms with Crippen molar-refractivity contribution in [3.05, 3.63) is 29.8 Å². The molecule has 2 rings (SSSR count). The summed E-state index contributed by atoms with van der Waals surface area (Å²) in [5, 5.41) is 2.76. The molecule has 21 heavy (non-hydrogen) atoms. The molecule has 0 spiro atoms. The van der Waals surface area contributed by atoms with Gasteiger partial charge in [-0.25, -0.2) is 8.42 Å². The predicted octanol–water partition coefficient (Wildman–Crippen LogP) is 0.605. The van der Waals surface area contributed by atoms with E-state index in [4.69, 9.17) is 5.73 Å². The van der Waals surface area contributed by atoms with Crippen molar-refractivity contribution in [3.8, 4) is 0 Å². The van der Waals surface area contributed by atoms with Gasteiger partial charge >= 0.3 is 0 Å². The summed E-state index contributed by atoms with van der Waals surface area (Å²) in [6.45, 7) is 4.02. The first-order valence-electron chi connectivity index (χ1n) is 6.93. The van der Waals surface area contributed by atoms with Crippen LogP contribution in [0.2, 0.25) is 0 Å². The Labute approximate surface area is 125 Å². The number of sulfonamides is 1. The van der Waals surface area contributed by atoms with Crippen LogP contribution in [0, 0.1) is 0 Å². The number of carbonyl (C=O) groups is 1. The van der Waals surface area contributed by atoms with Gasteiger partial charge in [-0.2, -0.15) is 4.31 Å². The van der Waals surface area contributed by atoms with Crippen LogP contribution in [-0.4, -0.2) is 37.8 Å². The molecule has 7 heteroatoms. The zero-order chi connectivity index (χ0) is 15.6. The largest absolute Gasteiger partial charge is 0.352 e. The molecule has 1 aliphatic heterocycles. The number of hydrogen-bond acceptors (Lipinski definition) is 4. The lowest BCUT2D eigenvalue weighted by atomic mass is 10.1. The second-order valence-electron chi connectivity index (χ2n) is 5.41. The number of amides is 1. The molecule has 3 N–H and O–H groups in total. The van der Waals surface area contributed by atoms with E-state index in [1.54, 1.807) is 24.3 Å². The SMILES string of the molecule is CC(=O)NC1CCN(S(=O)(=O)c2ccc(C(C)N)cc2)C1. The normalized spacial score (nSPS) is 21.2. The molecule has 1 heterocycles. The summed E-state index contributed by atoms with van der Waals surface area (Å²) in [5.74, 6) is -0.138. The van der Waals surface area contributed by atoms with Crippen LogP contribution in [0.1, 0.15) is 31.9 Å². The monoisotopic (exact) mass is 311 g/mol. The molecule has 2 atom stereocenters. The van der Waals surface area contributed by atoms with Crippen LogP contribution in [-0.2, 0) is 14.8 Å². The van der Waals surface area contributed by atoms with Crippen molar-refractivity contribution in [2.45, 2.75) is 37.2 Å². The molecule has 0 aliphatic carbocycles. The summed E-state index contributed by atoms with van der Waals surface area (Å²) in [6.07, 6.45) is 0.636. The first kappa shape index (κ1) is 15.9. The molecule has 1 aromatic carbocycles. The van der Waals surface area contributed by atoms with Gasteiger partial charge in [0.25, 0.3) is 0 Å². The molecule has 1 saturated heterocycles. The van der Waals surface area contributed by atoms with Crippen molar-refractivity contribution in [1.29, 1.82) is 0 Å². The zero-order valence-corrected chi connectivity index (χ0v) is 13.1. The van der Waals surface area contributed by atoms with Gasteiger partial charge in [0.1, 0.15) is 0 Å². The maximum absolute atomic E-state index is 12.5. The lowest BCUT2D eigenvalue weighted by Gasteiger charge is -2.17. The van der Waals surface area contributed by atoms with Crippen LogP contribution in [0.4, 0.5) is 0 Å². The second kappa shape index (κ2) is 6.13. The van der Waals surface area contributed by atoms with Gasteiger partial charge in [-0.1, -0.05) is 12.1 Å². The quantitative estimate of drug-likeness (QED) is 0.852. The smallest absolute Gasteiger partial charge is 0.243 e. The van der Waals surface area contributed by atoms with Crippen molar-refractivity contribution in [2.24, 2.45) is 5.73 Å². The number of hydrogen-bond donors (Lipinski definition) is 2. The van der Waals surface area contributed by atoms with E-state index in [0.29, 0.717) is 19.5 Å². The Kier molecular flexibility index (Phi) is 4.65. The Balaban J connectivity index is 2.13. The van der Waals surface area contributed by atoms with Crippen LogP contribution in [0.15, 0.2) is 29.2 Å². The molecule has 116 valence electrons. The number of benzene rings is 1. The topological polar surface area (TPSA) is 92.5 Å². The molecule has 0 bridgehead atoms. The molecule has 6 nitrogen and oxygen atoms in total. The van der Waals surface area contributed by atoms with Gasteiger partial charge in [0.05, 0.1) is 4.90 Å². The molecule has 0 radical (unpaired) electrons. The van der Waals surface area contributed by atoms with Crippen molar-refractivity contribution in [3.63, 3.8) is 0 Å². The lowest BCUT2D eigenvalue weighted by Crippen LogP contribution is -2.37. The minimum atomic E-state index is -3.51. The van der Waals surface area contributed by atoms with E-state index in [1.807, 2.05) is 6.92 Å². The van der Waals surface area contributed by atoms with Gasteiger partial charge in [-0.3, -0.25) is 4.79 Å². The summed E-state index contributed by atoms with van der Waals surface area (Å²) in [5.41, 5.74) is 6.65. The average Bonchev–Trinajstić information content (AvgIpc) is 2.87. The van der Waals surface area contributed by atoms with E-state index >= 15 is 0 Å². The fraction of sp³-hybridized carbons (Fsp3) is 0.500. The number of rotatable bonds is 4. The van der Waals surface area contributed by atoms with Crippen LogP contribution in [0.5, 0.6) is 0 Å². The van der Waals surface area contributed by atoms with Crippen molar-refractivity contribution in [1.82, 2.24) is 9.62 Å². The number of nitrogens with one attached hydrogen (secondary N) is 1. The Morgan fingerprint density at radius 1 is 1.38 bits per heavy atom. The zero-order valence-electron chi connectivity index (χ0n) is 12.2. The first-order valence-corrected chi connectivity index (χ1v) is 8.37. The van der Waals surface area contributed by atoms with E-state index in [-0.39, 0.29) is 22.9 Å². The van der Waals surface area contributed by atoms with E-state index in [1.165, 1.54) is 11.2 Å². The summed E-state index contributed by atoms with van der Waals surface area (Å²) in [7, 11) is -3.51. The van der Waals surface area contributed by atoms with Gasteiger partial charge in [0.15, 0.2) is 0 Å². The van der Waals surface area contributed by atoms with Crippen LogP contribution in [0.3, 0.4) is 0 Å². The standard InChI is InChI=1S/C14H21N3O3S/c1-10(15)12-3-5-14(6-4-12)21(19,20)17-8-7-13(9-17)16-11(2)18/h3-6,10,13H,7-9,15H2,1-2H3,(H,16,18). The maximum Gasteiger partial charge on any atom is 0.243 e. The Bertz CT molecular complexity index is 611. The highest BCUT2D eigenvalue weighted by molar-refractivity contribution is 7.89. The summed E-state index contributed by atoms with van der Waals surface area (Å²) < 4.78 is 26.5. The van der Waals surface area contributed by atoms with Gasteiger partial charge in [-0.15, -0.1) is 0 Å². The maximum atomic E-state index is 12.5. The molecular weight excluding hydrogens is 290 g/mol. The second-order valence-corrected chi connectivity index (χ2v) is 7.34. The van der Waals surface area contributed by atoms with Crippen molar-refractivity contribution >= 4 is 15.9 Å². The molecule has 0 aromatic heterocycles. The van der Waals surface area contributed by atoms with Crippen LogP contribution in [0.25, 0.3) is 0 Å². The Morgan fingerprint density at radius 3 is 2.52 bits per heavy atom. The van der Waals surface area contributed by atoms with Crippen LogP contribution < -0.4 is 11.1 Å². The summed E-state index contributed by atoms with van der Waals surface area (Å²) in [6, 6.07) is 6.40. The van der Waals surface area contributed by atoms with Crippen molar-refractivity contribution < 1.29 is 13.2 Å². The molecule has 1 fully saturated rings. The predicted molar refractivity (Wildman–Crippen MR) is 80.0 cm³/mol. The lowest BCUT2D eigenvalue weighted by molar-refractivity contribution is -0.119. The average molecular weight is 311 g/mol. The third-order valence-electron chi connectivity index (χ3n) is 3.60. The molecule has 1 aromatic rings. The molecule has 1 aliphatic rings. The van der Waals surface area contributed by atoms with E-state index < -0.39 is 10.0 Å². The summed E-state index contributed by atoms with van der Waals surface area (Å²) in [4.78, 5) is 11.3. The number of nitrogens with two attached hydrogens (primary N) is 1.